The Bertz CT molecular complexity index is 905. The van der Waals surface area contributed by atoms with Crippen LogP contribution in [0.25, 0.3) is 0 Å². The van der Waals surface area contributed by atoms with Crippen LogP contribution in [0.1, 0.15) is 70.8 Å². The van der Waals surface area contributed by atoms with Crippen LogP contribution in [0.3, 0.4) is 0 Å². The number of aryl methyl sites for hydroxylation is 2. The number of rotatable bonds is 3. The second-order valence-corrected chi connectivity index (χ2v) is 7.88. The number of aromatic nitrogens is 3. The Morgan fingerprint density at radius 2 is 2.00 bits per heavy atom. The lowest BCUT2D eigenvalue weighted by atomic mass is 9.94. The zero-order chi connectivity index (χ0) is 19.7. The number of H-pyrrole nitrogens is 1. The number of aromatic amines is 1. The molecule has 0 saturated carbocycles. The number of nitrogens with zero attached hydrogens (tertiary/aromatic N) is 3. The lowest BCUT2D eigenvalue weighted by molar-refractivity contribution is 0.0705. The number of nitrogens with one attached hydrogen (secondary N) is 2. The largest absolute Gasteiger partial charge is 0.427 e. The van der Waals surface area contributed by atoms with Crippen LogP contribution in [-0.2, 0) is 0 Å². The van der Waals surface area contributed by atoms with Crippen LogP contribution in [0, 0.1) is 13.8 Å². The van der Waals surface area contributed by atoms with E-state index in [0.29, 0.717) is 24.4 Å². The standard InChI is InChI=1S/C20H27N5O3/c1-12-10-16(15-4-3-7-21-11-15)28-20(27)17(12)19(26)25-8-5-14(6-9-25)18-22-13(2)23-24-18/h10,14-15,21H,3-9,11H2,1-2H3,(H,22,23,24). The summed E-state index contributed by atoms with van der Waals surface area (Å²) in [6.45, 7) is 6.69. The van der Waals surface area contributed by atoms with Crippen LogP contribution in [0.15, 0.2) is 15.3 Å². The summed E-state index contributed by atoms with van der Waals surface area (Å²) in [6.07, 6.45) is 3.64. The Morgan fingerprint density at radius 1 is 1.21 bits per heavy atom. The molecule has 1 unspecified atom stereocenters. The van der Waals surface area contributed by atoms with Gasteiger partial charge in [-0.05, 0) is 57.7 Å². The summed E-state index contributed by atoms with van der Waals surface area (Å²) in [7, 11) is 0. The Morgan fingerprint density at radius 3 is 2.61 bits per heavy atom. The third-order valence-electron chi connectivity index (χ3n) is 5.84. The Kier molecular flexibility index (Phi) is 5.30. The predicted molar refractivity (Wildman–Crippen MR) is 104 cm³/mol. The van der Waals surface area contributed by atoms with Gasteiger partial charge < -0.3 is 14.6 Å². The topological polar surface area (TPSA) is 104 Å². The van der Waals surface area contributed by atoms with Crippen molar-refractivity contribution in [2.45, 2.75) is 51.4 Å². The molecule has 0 radical (unpaired) electrons. The molecule has 2 aliphatic rings. The first kappa shape index (κ1) is 18.9. The maximum atomic E-state index is 13.0. The lowest BCUT2D eigenvalue weighted by Crippen LogP contribution is -2.40. The molecule has 1 atom stereocenters. The number of amides is 1. The van der Waals surface area contributed by atoms with Crippen molar-refractivity contribution in [3.05, 3.63) is 45.0 Å². The summed E-state index contributed by atoms with van der Waals surface area (Å²) >= 11 is 0. The summed E-state index contributed by atoms with van der Waals surface area (Å²) in [5.41, 5.74) is 0.352. The van der Waals surface area contributed by atoms with E-state index in [2.05, 4.69) is 20.5 Å². The maximum absolute atomic E-state index is 13.0. The molecule has 2 aromatic rings. The smallest absolute Gasteiger partial charge is 0.349 e. The van der Waals surface area contributed by atoms with Crippen LogP contribution in [0.5, 0.6) is 0 Å². The zero-order valence-electron chi connectivity index (χ0n) is 16.5. The van der Waals surface area contributed by atoms with Crippen molar-refractivity contribution in [2.75, 3.05) is 26.2 Å². The van der Waals surface area contributed by atoms with E-state index in [1.54, 1.807) is 4.90 Å². The van der Waals surface area contributed by atoms with E-state index in [9.17, 15) is 9.59 Å². The van der Waals surface area contributed by atoms with Gasteiger partial charge in [-0.25, -0.2) is 9.78 Å². The molecule has 0 bridgehead atoms. The first-order valence-electron chi connectivity index (χ1n) is 10.1. The average Bonchev–Trinajstić information content (AvgIpc) is 3.14. The van der Waals surface area contributed by atoms with E-state index in [-0.39, 0.29) is 23.3 Å². The molecule has 28 heavy (non-hydrogen) atoms. The number of likely N-dealkylation sites (tertiary alicyclic amines) is 1. The molecule has 0 aromatic carbocycles. The van der Waals surface area contributed by atoms with E-state index in [1.807, 2.05) is 19.9 Å². The van der Waals surface area contributed by atoms with E-state index in [1.165, 1.54) is 0 Å². The highest BCUT2D eigenvalue weighted by molar-refractivity contribution is 5.95. The second-order valence-electron chi connectivity index (χ2n) is 7.88. The molecule has 8 nitrogen and oxygen atoms in total. The molecule has 2 aromatic heterocycles. The molecule has 2 aliphatic heterocycles. The quantitative estimate of drug-likeness (QED) is 0.836. The fourth-order valence-corrected chi connectivity index (χ4v) is 4.23. The van der Waals surface area contributed by atoms with Crippen molar-refractivity contribution in [1.82, 2.24) is 25.4 Å². The van der Waals surface area contributed by atoms with Gasteiger partial charge in [-0.15, -0.1) is 0 Å². The fraction of sp³-hybridized carbons (Fsp3) is 0.600. The number of piperidine rings is 2. The highest BCUT2D eigenvalue weighted by Crippen LogP contribution is 2.27. The maximum Gasteiger partial charge on any atom is 0.349 e. The van der Waals surface area contributed by atoms with E-state index in [0.717, 1.165) is 50.4 Å². The van der Waals surface area contributed by atoms with Crippen LogP contribution in [-0.4, -0.2) is 52.2 Å². The zero-order valence-corrected chi connectivity index (χ0v) is 16.5. The molecule has 2 saturated heterocycles. The Hall–Kier alpha value is -2.48. The minimum absolute atomic E-state index is 0.166. The van der Waals surface area contributed by atoms with Gasteiger partial charge in [0.05, 0.1) is 0 Å². The molecule has 1 amide bonds. The molecular formula is C20H27N5O3. The van der Waals surface area contributed by atoms with Crippen molar-refractivity contribution in [2.24, 2.45) is 0 Å². The minimum Gasteiger partial charge on any atom is -0.427 e. The summed E-state index contributed by atoms with van der Waals surface area (Å²) in [6, 6.07) is 1.87. The first-order valence-corrected chi connectivity index (χ1v) is 10.1. The Labute approximate surface area is 163 Å². The van der Waals surface area contributed by atoms with Crippen LogP contribution in [0.4, 0.5) is 0 Å². The molecule has 0 aliphatic carbocycles. The summed E-state index contributed by atoms with van der Waals surface area (Å²) in [4.78, 5) is 31.8. The van der Waals surface area contributed by atoms with Crippen molar-refractivity contribution in [3.8, 4) is 0 Å². The number of hydrogen-bond acceptors (Lipinski definition) is 6. The van der Waals surface area contributed by atoms with Crippen LogP contribution >= 0.6 is 0 Å². The van der Waals surface area contributed by atoms with Gasteiger partial charge in [-0.3, -0.25) is 9.89 Å². The normalized spacial score (nSPS) is 21.1. The summed E-state index contributed by atoms with van der Waals surface area (Å²) in [5.74, 6) is 2.51. The van der Waals surface area contributed by atoms with Gasteiger partial charge >= 0.3 is 5.63 Å². The summed E-state index contributed by atoms with van der Waals surface area (Å²) in [5, 5.41) is 10.4. The number of carbonyl (C=O) groups is 1. The predicted octanol–water partition coefficient (Wildman–Crippen LogP) is 1.86. The van der Waals surface area contributed by atoms with Gasteiger partial charge in [-0.1, -0.05) is 0 Å². The SMILES string of the molecule is Cc1nc(C2CCN(C(=O)c3c(C)cc(C4CCCNC4)oc3=O)CC2)n[nH]1. The Balaban J connectivity index is 1.47. The molecule has 4 rings (SSSR count). The van der Waals surface area contributed by atoms with Gasteiger partial charge in [0.1, 0.15) is 17.1 Å². The van der Waals surface area contributed by atoms with Crippen LogP contribution < -0.4 is 10.9 Å². The highest BCUT2D eigenvalue weighted by Gasteiger charge is 2.30. The molecule has 0 spiro atoms. The fourth-order valence-electron chi connectivity index (χ4n) is 4.23. The number of hydrogen-bond donors (Lipinski definition) is 2. The molecule has 2 N–H and O–H groups in total. The highest BCUT2D eigenvalue weighted by atomic mass is 16.4. The van der Waals surface area contributed by atoms with E-state index >= 15 is 0 Å². The van der Waals surface area contributed by atoms with E-state index in [4.69, 9.17) is 4.42 Å². The van der Waals surface area contributed by atoms with Crippen molar-refractivity contribution in [1.29, 1.82) is 0 Å². The third kappa shape index (κ3) is 3.73. The van der Waals surface area contributed by atoms with Gasteiger partial charge in [0.2, 0.25) is 0 Å². The molecule has 8 heteroatoms. The third-order valence-corrected chi connectivity index (χ3v) is 5.84. The molecule has 2 fully saturated rings. The molecular weight excluding hydrogens is 358 g/mol. The van der Waals surface area contributed by atoms with Crippen LogP contribution in [0.2, 0.25) is 0 Å². The van der Waals surface area contributed by atoms with Gasteiger partial charge in [0.25, 0.3) is 5.91 Å². The molecule has 150 valence electrons. The molecule has 4 heterocycles. The first-order chi connectivity index (χ1) is 13.5. The monoisotopic (exact) mass is 385 g/mol. The van der Waals surface area contributed by atoms with Crippen molar-refractivity contribution in [3.63, 3.8) is 0 Å². The summed E-state index contributed by atoms with van der Waals surface area (Å²) < 4.78 is 5.57. The van der Waals surface area contributed by atoms with E-state index < -0.39 is 5.63 Å². The number of carbonyl (C=O) groups excluding carboxylic acids is 1. The second kappa shape index (κ2) is 7.87. The van der Waals surface area contributed by atoms with Gasteiger partial charge in [0.15, 0.2) is 5.82 Å². The van der Waals surface area contributed by atoms with Crippen molar-refractivity contribution < 1.29 is 9.21 Å². The van der Waals surface area contributed by atoms with Crippen molar-refractivity contribution >= 4 is 5.91 Å². The van der Waals surface area contributed by atoms with Gasteiger partial charge in [0, 0.05) is 31.5 Å². The lowest BCUT2D eigenvalue weighted by Gasteiger charge is -2.31. The minimum atomic E-state index is -0.516. The average molecular weight is 385 g/mol. The van der Waals surface area contributed by atoms with Gasteiger partial charge in [-0.2, -0.15) is 5.10 Å².